The molecular formula is C7H10O4. The first-order valence-corrected chi connectivity index (χ1v) is 3.76. The highest BCUT2D eigenvalue weighted by atomic mass is 16.7. The third kappa shape index (κ3) is 0.937. The van der Waals surface area contributed by atoms with Crippen molar-refractivity contribution in [1.82, 2.24) is 0 Å². The summed E-state index contributed by atoms with van der Waals surface area (Å²) in [4.78, 5) is 11.0. The standard InChI is InChI=1S/C7H10O4/c1-2-4-5-6(7(8)11-4)10-3-9-5/h4-6H,2-3H2,1H3/t4?,5-,6-/m1/s1. The van der Waals surface area contributed by atoms with E-state index in [-0.39, 0.29) is 25.0 Å². The number of hydrogen-bond acceptors (Lipinski definition) is 4. The van der Waals surface area contributed by atoms with Crippen LogP contribution in [0.2, 0.25) is 0 Å². The molecule has 2 aliphatic rings. The Balaban J connectivity index is 2.13. The second kappa shape index (κ2) is 2.46. The van der Waals surface area contributed by atoms with Crippen molar-refractivity contribution in [3.63, 3.8) is 0 Å². The van der Waals surface area contributed by atoms with Crippen LogP contribution in [-0.4, -0.2) is 31.1 Å². The summed E-state index contributed by atoms with van der Waals surface area (Å²) in [5.74, 6) is -0.278. The highest BCUT2D eigenvalue weighted by Gasteiger charge is 2.49. The number of esters is 1. The molecule has 62 valence electrons. The summed E-state index contributed by atoms with van der Waals surface area (Å²) in [5.41, 5.74) is 0. The van der Waals surface area contributed by atoms with Gasteiger partial charge >= 0.3 is 5.97 Å². The van der Waals surface area contributed by atoms with E-state index >= 15 is 0 Å². The number of fused-ring (bicyclic) bond motifs is 1. The van der Waals surface area contributed by atoms with Crippen LogP contribution in [-0.2, 0) is 19.0 Å². The van der Waals surface area contributed by atoms with Crippen molar-refractivity contribution in [1.29, 1.82) is 0 Å². The topological polar surface area (TPSA) is 44.8 Å². The maximum absolute atomic E-state index is 11.0. The van der Waals surface area contributed by atoms with Crippen molar-refractivity contribution in [2.24, 2.45) is 0 Å². The Labute approximate surface area is 64.4 Å². The number of ether oxygens (including phenoxy) is 3. The molecule has 2 aliphatic heterocycles. The van der Waals surface area contributed by atoms with Gasteiger partial charge in [0.2, 0.25) is 0 Å². The number of cyclic esters (lactones) is 1. The van der Waals surface area contributed by atoms with Crippen molar-refractivity contribution >= 4 is 5.97 Å². The Morgan fingerprint density at radius 1 is 1.55 bits per heavy atom. The van der Waals surface area contributed by atoms with Gasteiger partial charge in [-0.25, -0.2) is 4.79 Å². The quantitative estimate of drug-likeness (QED) is 0.506. The second-order valence-corrected chi connectivity index (χ2v) is 2.72. The van der Waals surface area contributed by atoms with Gasteiger partial charge in [0, 0.05) is 0 Å². The van der Waals surface area contributed by atoms with Crippen LogP contribution in [0.4, 0.5) is 0 Å². The maximum Gasteiger partial charge on any atom is 0.338 e. The van der Waals surface area contributed by atoms with E-state index in [2.05, 4.69) is 0 Å². The maximum atomic E-state index is 11.0. The van der Waals surface area contributed by atoms with Crippen LogP contribution in [0, 0.1) is 0 Å². The van der Waals surface area contributed by atoms with Gasteiger partial charge in [0.05, 0.1) is 0 Å². The molecule has 2 fully saturated rings. The Bertz CT molecular complexity index is 179. The van der Waals surface area contributed by atoms with E-state index in [1.165, 1.54) is 0 Å². The summed E-state index contributed by atoms with van der Waals surface area (Å²) in [7, 11) is 0. The molecular weight excluding hydrogens is 148 g/mol. The van der Waals surface area contributed by atoms with Gasteiger partial charge in [-0.1, -0.05) is 6.92 Å². The van der Waals surface area contributed by atoms with Crippen LogP contribution < -0.4 is 0 Å². The summed E-state index contributed by atoms with van der Waals surface area (Å²) in [6, 6.07) is 0. The van der Waals surface area contributed by atoms with E-state index in [0.29, 0.717) is 0 Å². The molecule has 4 heteroatoms. The molecule has 0 aromatic heterocycles. The molecule has 0 radical (unpaired) electrons. The lowest BCUT2D eigenvalue weighted by molar-refractivity contribution is -0.152. The molecule has 0 bridgehead atoms. The fourth-order valence-electron chi connectivity index (χ4n) is 1.48. The van der Waals surface area contributed by atoms with Gasteiger partial charge in [0.15, 0.2) is 6.10 Å². The zero-order chi connectivity index (χ0) is 7.84. The van der Waals surface area contributed by atoms with Crippen LogP contribution in [0.3, 0.4) is 0 Å². The van der Waals surface area contributed by atoms with Crippen LogP contribution in [0.1, 0.15) is 13.3 Å². The Hall–Kier alpha value is -0.610. The van der Waals surface area contributed by atoms with E-state index in [9.17, 15) is 4.79 Å². The molecule has 4 nitrogen and oxygen atoms in total. The van der Waals surface area contributed by atoms with E-state index in [0.717, 1.165) is 6.42 Å². The first-order valence-electron chi connectivity index (χ1n) is 3.76. The van der Waals surface area contributed by atoms with E-state index in [4.69, 9.17) is 14.2 Å². The Morgan fingerprint density at radius 2 is 2.36 bits per heavy atom. The molecule has 2 heterocycles. The molecule has 3 atom stereocenters. The summed E-state index contributed by atoms with van der Waals surface area (Å²) in [6.07, 6.45) is 0.0680. The molecule has 0 spiro atoms. The van der Waals surface area contributed by atoms with Crippen LogP contribution >= 0.6 is 0 Å². The second-order valence-electron chi connectivity index (χ2n) is 2.72. The SMILES string of the molecule is CCC1OC(=O)[C@@H]2OCO[C@H]12. The third-order valence-electron chi connectivity index (χ3n) is 2.08. The number of carbonyl (C=O) groups excluding carboxylic acids is 1. The minimum absolute atomic E-state index is 0.102. The zero-order valence-corrected chi connectivity index (χ0v) is 6.28. The van der Waals surface area contributed by atoms with Crippen LogP contribution in [0.5, 0.6) is 0 Å². The van der Waals surface area contributed by atoms with Gasteiger partial charge in [0.1, 0.15) is 19.0 Å². The van der Waals surface area contributed by atoms with E-state index < -0.39 is 6.10 Å². The molecule has 0 N–H and O–H groups in total. The molecule has 11 heavy (non-hydrogen) atoms. The highest BCUT2D eigenvalue weighted by molar-refractivity contribution is 5.78. The molecule has 2 saturated heterocycles. The van der Waals surface area contributed by atoms with Gasteiger partial charge in [0.25, 0.3) is 0 Å². The average molecular weight is 158 g/mol. The molecule has 2 rings (SSSR count). The van der Waals surface area contributed by atoms with Gasteiger partial charge in [-0.15, -0.1) is 0 Å². The van der Waals surface area contributed by atoms with Crippen molar-refractivity contribution in [3.8, 4) is 0 Å². The summed E-state index contributed by atoms with van der Waals surface area (Å²) >= 11 is 0. The highest BCUT2D eigenvalue weighted by Crippen LogP contribution is 2.28. The Morgan fingerprint density at radius 3 is 3.09 bits per heavy atom. The van der Waals surface area contributed by atoms with Crippen molar-refractivity contribution < 1.29 is 19.0 Å². The predicted molar refractivity (Wildman–Crippen MR) is 34.8 cm³/mol. The van der Waals surface area contributed by atoms with E-state index in [1.807, 2.05) is 6.92 Å². The molecule has 0 saturated carbocycles. The van der Waals surface area contributed by atoms with Gasteiger partial charge in [-0.3, -0.25) is 0 Å². The lowest BCUT2D eigenvalue weighted by Crippen LogP contribution is -2.27. The van der Waals surface area contributed by atoms with Crippen molar-refractivity contribution in [3.05, 3.63) is 0 Å². The van der Waals surface area contributed by atoms with Crippen LogP contribution in [0.25, 0.3) is 0 Å². The molecule has 1 unspecified atom stereocenters. The number of hydrogen-bond donors (Lipinski definition) is 0. The van der Waals surface area contributed by atoms with Gasteiger partial charge in [-0.05, 0) is 6.42 Å². The fraction of sp³-hybridized carbons (Fsp3) is 0.857. The largest absolute Gasteiger partial charge is 0.457 e. The fourth-order valence-corrected chi connectivity index (χ4v) is 1.48. The average Bonchev–Trinajstić information content (AvgIpc) is 2.54. The zero-order valence-electron chi connectivity index (χ0n) is 6.28. The molecule has 0 aromatic rings. The number of rotatable bonds is 1. The number of carbonyl (C=O) groups is 1. The van der Waals surface area contributed by atoms with Crippen LogP contribution in [0.15, 0.2) is 0 Å². The van der Waals surface area contributed by atoms with Gasteiger partial charge < -0.3 is 14.2 Å². The van der Waals surface area contributed by atoms with Gasteiger partial charge in [-0.2, -0.15) is 0 Å². The first-order chi connectivity index (χ1) is 5.33. The van der Waals surface area contributed by atoms with Crippen molar-refractivity contribution in [2.45, 2.75) is 31.7 Å². The monoisotopic (exact) mass is 158 g/mol. The first kappa shape index (κ1) is 7.06. The summed E-state index contributed by atoms with van der Waals surface area (Å²) < 4.78 is 15.2. The van der Waals surface area contributed by atoms with Crippen molar-refractivity contribution in [2.75, 3.05) is 6.79 Å². The smallest absolute Gasteiger partial charge is 0.338 e. The minimum atomic E-state index is -0.458. The third-order valence-corrected chi connectivity index (χ3v) is 2.08. The summed E-state index contributed by atoms with van der Waals surface area (Å²) in [5, 5.41) is 0. The molecule has 0 aliphatic carbocycles. The van der Waals surface area contributed by atoms with E-state index in [1.54, 1.807) is 0 Å². The molecule has 0 aromatic carbocycles. The minimum Gasteiger partial charge on any atom is -0.457 e. The molecule has 0 amide bonds. The summed E-state index contributed by atoms with van der Waals surface area (Å²) in [6.45, 7) is 2.18. The lowest BCUT2D eigenvalue weighted by atomic mass is 10.1. The normalized spacial score (nSPS) is 42.3. The predicted octanol–water partition coefficient (Wildman–Crippen LogP) is 0.0633. The Kier molecular flexibility index (Phi) is 1.58. The lowest BCUT2D eigenvalue weighted by Gasteiger charge is -2.10.